The van der Waals surface area contributed by atoms with Crippen LogP contribution in [0.3, 0.4) is 0 Å². The van der Waals surface area contributed by atoms with Crippen LogP contribution in [-0.4, -0.2) is 24.6 Å². The summed E-state index contributed by atoms with van der Waals surface area (Å²) >= 11 is 0. The number of nitriles is 1. The predicted octanol–water partition coefficient (Wildman–Crippen LogP) is 0.787. The van der Waals surface area contributed by atoms with Crippen LogP contribution < -0.4 is 10.3 Å². The highest BCUT2D eigenvalue weighted by Crippen LogP contribution is 2.15. The normalized spacial score (nSPS) is 14.1. The first-order valence-corrected chi connectivity index (χ1v) is 5.75. The third-order valence-corrected chi connectivity index (χ3v) is 2.84. The lowest BCUT2D eigenvalue weighted by molar-refractivity contribution is -0.121. The topological polar surface area (TPSA) is 85.6 Å². The molecule has 0 saturated heterocycles. The third-order valence-electron chi connectivity index (χ3n) is 2.84. The summed E-state index contributed by atoms with van der Waals surface area (Å²) < 4.78 is 0. The van der Waals surface area contributed by atoms with Gasteiger partial charge < -0.3 is 4.90 Å². The van der Waals surface area contributed by atoms with E-state index in [2.05, 4.69) is 10.5 Å². The fourth-order valence-electron chi connectivity index (χ4n) is 1.70. The van der Waals surface area contributed by atoms with Gasteiger partial charge in [0.25, 0.3) is 5.91 Å². The van der Waals surface area contributed by atoms with Gasteiger partial charge in [0.15, 0.2) is 0 Å². The molecule has 0 bridgehead atoms. The van der Waals surface area contributed by atoms with Gasteiger partial charge in [0, 0.05) is 25.6 Å². The Hall–Kier alpha value is -2.68. The zero-order chi connectivity index (χ0) is 13.8. The molecule has 0 atom stereocenters. The van der Waals surface area contributed by atoms with Crippen molar-refractivity contribution in [2.45, 2.75) is 12.8 Å². The number of hydrogen-bond donors (Lipinski definition) is 1. The molecule has 0 radical (unpaired) electrons. The van der Waals surface area contributed by atoms with Gasteiger partial charge in [0.1, 0.15) is 5.71 Å². The average molecular weight is 256 g/mol. The molecule has 0 aliphatic carbocycles. The molecule has 1 aliphatic heterocycles. The summed E-state index contributed by atoms with van der Waals surface area (Å²) in [6.07, 6.45) is 0.608. The number of anilines is 1. The van der Waals surface area contributed by atoms with Crippen LogP contribution in [0.4, 0.5) is 5.69 Å². The average Bonchev–Trinajstić information content (AvgIpc) is 2.46. The van der Waals surface area contributed by atoms with Crippen LogP contribution >= 0.6 is 0 Å². The van der Waals surface area contributed by atoms with E-state index in [0.29, 0.717) is 23.4 Å². The van der Waals surface area contributed by atoms with E-state index in [4.69, 9.17) is 5.26 Å². The molecule has 96 valence electrons. The van der Waals surface area contributed by atoms with Crippen molar-refractivity contribution in [3.8, 4) is 6.07 Å². The van der Waals surface area contributed by atoms with Crippen molar-refractivity contribution in [3.05, 3.63) is 29.8 Å². The summed E-state index contributed by atoms with van der Waals surface area (Å²) in [5.74, 6) is -0.442. The Morgan fingerprint density at radius 1 is 1.37 bits per heavy atom. The summed E-state index contributed by atoms with van der Waals surface area (Å²) in [6.45, 7) is 0. The van der Waals surface area contributed by atoms with Crippen LogP contribution in [0, 0.1) is 11.3 Å². The molecule has 1 N–H and O–H groups in total. The molecular weight excluding hydrogens is 244 g/mol. The minimum absolute atomic E-state index is 0.183. The first-order valence-electron chi connectivity index (χ1n) is 5.75. The van der Waals surface area contributed by atoms with E-state index in [1.54, 1.807) is 31.3 Å². The molecule has 0 fully saturated rings. The number of carbonyl (C=O) groups excluding carboxylic acids is 2. The molecule has 0 aromatic heterocycles. The second kappa shape index (κ2) is 5.31. The fraction of sp³-hybridized carbons (Fsp3) is 0.231. The van der Waals surface area contributed by atoms with E-state index >= 15 is 0 Å². The molecule has 6 heteroatoms. The molecule has 1 aliphatic rings. The molecule has 0 unspecified atom stereocenters. The fourth-order valence-corrected chi connectivity index (χ4v) is 1.70. The first-order chi connectivity index (χ1) is 9.11. The zero-order valence-electron chi connectivity index (χ0n) is 10.4. The number of carbonyl (C=O) groups is 2. The standard InChI is InChI=1S/C13H12N4O2/c1-17(10-4-2-9(8-14)3-5-10)13(19)11-6-7-12(18)16-15-11/h2-5H,6-7H2,1H3,(H,16,18). The Balaban J connectivity index is 2.14. The molecule has 19 heavy (non-hydrogen) atoms. The van der Waals surface area contributed by atoms with E-state index in [9.17, 15) is 9.59 Å². The maximum Gasteiger partial charge on any atom is 0.274 e. The number of hydrogen-bond acceptors (Lipinski definition) is 4. The number of hydrazone groups is 1. The van der Waals surface area contributed by atoms with Gasteiger partial charge in [-0.1, -0.05) is 0 Å². The third kappa shape index (κ3) is 2.77. The van der Waals surface area contributed by atoms with Crippen molar-refractivity contribution in [1.29, 1.82) is 5.26 Å². The maximum atomic E-state index is 12.1. The Labute approximate surface area is 110 Å². The van der Waals surface area contributed by atoms with Crippen molar-refractivity contribution in [1.82, 2.24) is 5.43 Å². The molecule has 1 aromatic carbocycles. The van der Waals surface area contributed by atoms with Crippen molar-refractivity contribution < 1.29 is 9.59 Å². The number of benzene rings is 1. The lowest BCUT2D eigenvalue weighted by Crippen LogP contribution is -2.38. The largest absolute Gasteiger partial charge is 0.310 e. The van der Waals surface area contributed by atoms with Crippen molar-refractivity contribution in [3.63, 3.8) is 0 Å². The van der Waals surface area contributed by atoms with E-state index in [0.717, 1.165) is 0 Å². The Bertz CT molecular complexity index is 584. The summed E-state index contributed by atoms with van der Waals surface area (Å²) in [4.78, 5) is 24.5. The Morgan fingerprint density at radius 2 is 2.05 bits per heavy atom. The number of rotatable bonds is 2. The van der Waals surface area contributed by atoms with Gasteiger partial charge in [-0.2, -0.15) is 10.4 Å². The monoisotopic (exact) mass is 256 g/mol. The second-order valence-corrected chi connectivity index (χ2v) is 4.12. The van der Waals surface area contributed by atoms with Crippen LogP contribution in [-0.2, 0) is 9.59 Å². The van der Waals surface area contributed by atoms with Crippen LogP contribution in [0.25, 0.3) is 0 Å². The van der Waals surface area contributed by atoms with E-state index in [-0.39, 0.29) is 18.2 Å². The van der Waals surface area contributed by atoms with Gasteiger partial charge in [-0.3, -0.25) is 9.59 Å². The molecule has 0 saturated carbocycles. The van der Waals surface area contributed by atoms with Gasteiger partial charge in [-0.15, -0.1) is 0 Å². The van der Waals surface area contributed by atoms with Gasteiger partial charge in [0.05, 0.1) is 11.6 Å². The van der Waals surface area contributed by atoms with Gasteiger partial charge in [0.2, 0.25) is 5.91 Å². The quantitative estimate of drug-likeness (QED) is 0.848. The molecular formula is C13H12N4O2. The molecule has 2 rings (SSSR count). The summed E-state index contributed by atoms with van der Waals surface area (Å²) in [5.41, 5.74) is 3.83. The molecule has 1 heterocycles. The first kappa shape index (κ1) is 12.8. The minimum Gasteiger partial charge on any atom is -0.310 e. The van der Waals surface area contributed by atoms with Crippen LogP contribution in [0.15, 0.2) is 29.4 Å². The Morgan fingerprint density at radius 3 is 2.58 bits per heavy atom. The lowest BCUT2D eigenvalue weighted by Gasteiger charge is -2.19. The lowest BCUT2D eigenvalue weighted by atomic mass is 10.1. The summed E-state index contributed by atoms with van der Waals surface area (Å²) in [5, 5.41) is 12.5. The van der Waals surface area contributed by atoms with E-state index in [1.807, 2.05) is 6.07 Å². The van der Waals surface area contributed by atoms with E-state index < -0.39 is 0 Å². The predicted molar refractivity (Wildman–Crippen MR) is 69.4 cm³/mol. The highest BCUT2D eigenvalue weighted by atomic mass is 16.2. The van der Waals surface area contributed by atoms with Crippen LogP contribution in [0.1, 0.15) is 18.4 Å². The highest BCUT2D eigenvalue weighted by Gasteiger charge is 2.22. The van der Waals surface area contributed by atoms with Crippen molar-refractivity contribution >= 4 is 23.2 Å². The molecule has 0 spiro atoms. The van der Waals surface area contributed by atoms with Gasteiger partial charge >= 0.3 is 0 Å². The zero-order valence-corrected chi connectivity index (χ0v) is 10.4. The molecule has 2 amide bonds. The second-order valence-electron chi connectivity index (χ2n) is 4.12. The summed E-state index contributed by atoms with van der Waals surface area (Å²) in [7, 11) is 1.63. The number of amides is 2. The maximum absolute atomic E-state index is 12.1. The van der Waals surface area contributed by atoms with Gasteiger partial charge in [-0.25, -0.2) is 5.43 Å². The molecule has 1 aromatic rings. The van der Waals surface area contributed by atoms with Crippen LogP contribution in [0.5, 0.6) is 0 Å². The highest BCUT2D eigenvalue weighted by molar-refractivity contribution is 6.44. The minimum atomic E-state index is -0.260. The van der Waals surface area contributed by atoms with E-state index in [1.165, 1.54) is 4.90 Å². The van der Waals surface area contributed by atoms with Crippen molar-refractivity contribution in [2.75, 3.05) is 11.9 Å². The Kier molecular flexibility index (Phi) is 3.57. The van der Waals surface area contributed by atoms with Crippen molar-refractivity contribution in [2.24, 2.45) is 5.10 Å². The smallest absolute Gasteiger partial charge is 0.274 e. The number of nitrogens with one attached hydrogen (secondary N) is 1. The SMILES string of the molecule is CN(C(=O)C1=NNC(=O)CC1)c1ccc(C#N)cc1. The number of nitrogens with zero attached hydrogens (tertiary/aromatic N) is 3. The summed E-state index contributed by atoms with van der Waals surface area (Å²) in [6, 6.07) is 8.69. The molecule has 6 nitrogen and oxygen atoms in total. The van der Waals surface area contributed by atoms with Crippen LogP contribution in [0.2, 0.25) is 0 Å². The van der Waals surface area contributed by atoms with Gasteiger partial charge in [-0.05, 0) is 24.3 Å².